The lowest BCUT2D eigenvalue weighted by atomic mass is 9.65. The highest BCUT2D eigenvalue weighted by Gasteiger charge is 2.56. The van der Waals surface area contributed by atoms with Gasteiger partial charge in [-0.05, 0) is 49.6 Å². The molecule has 2 heterocycles. The van der Waals surface area contributed by atoms with Gasteiger partial charge in [0.2, 0.25) is 0 Å². The number of benzene rings is 1. The zero-order valence-electron chi connectivity index (χ0n) is 16.8. The number of aldehydes is 1. The number of pyridine rings is 1. The standard InChI is InChI=1S/C23H25N3O4/c1-24-23(11-13-27,22(29)30)20-16-7-2-3-9-18(16)26(19-10-4-8-17(19)20)21(28)15-6-5-12-25-14-15/h2-3,5-7,9,12-14,17,19-20,24H,4,8,10-11H2,1H3,(H,29,30). The van der Waals surface area contributed by atoms with Crippen molar-refractivity contribution in [3.05, 3.63) is 59.9 Å². The van der Waals surface area contributed by atoms with Crippen molar-refractivity contribution in [3.63, 3.8) is 0 Å². The van der Waals surface area contributed by atoms with Gasteiger partial charge in [0, 0.05) is 36.5 Å². The van der Waals surface area contributed by atoms with E-state index in [1.807, 2.05) is 29.2 Å². The average molecular weight is 407 g/mol. The molecule has 0 radical (unpaired) electrons. The normalized spacial score (nSPS) is 24.4. The number of carbonyl (C=O) groups excluding carboxylic acids is 2. The van der Waals surface area contributed by atoms with Crippen molar-refractivity contribution >= 4 is 23.9 Å². The second-order valence-corrected chi connectivity index (χ2v) is 8.01. The first-order chi connectivity index (χ1) is 14.5. The number of nitrogens with zero attached hydrogens (tertiary/aromatic N) is 2. The van der Waals surface area contributed by atoms with Crippen molar-refractivity contribution in [2.75, 3.05) is 11.9 Å². The van der Waals surface area contributed by atoms with Gasteiger partial charge in [-0.2, -0.15) is 0 Å². The van der Waals surface area contributed by atoms with E-state index in [1.165, 1.54) is 0 Å². The number of hydrogen-bond acceptors (Lipinski definition) is 5. The number of rotatable bonds is 6. The maximum absolute atomic E-state index is 13.5. The van der Waals surface area contributed by atoms with Crippen molar-refractivity contribution in [1.82, 2.24) is 10.3 Å². The number of fused-ring (bicyclic) bond motifs is 2. The van der Waals surface area contributed by atoms with Gasteiger partial charge in [0.25, 0.3) is 5.91 Å². The smallest absolute Gasteiger partial charge is 0.324 e. The summed E-state index contributed by atoms with van der Waals surface area (Å²) in [5.41, 5.74) is 0.583. The monoisotopic (exact) mass is 407 g/mol. The van der Waals surface area contributed by atoms with Gasteiger partial charge in [0.15, 0.2) is 0 Å². The maximum atomic E-state index is 13.5. The minimum Gasteiger partial charge on any atom is -0.480 e. The molecule has 1 aromatic carbocycles. The predicted octanol–water partition coefficient (Wildman–Crippen LogP) is 2.63. The molecule has 1 aliphatic carbocycles. The Labute approximate surface area is 175 Å². The molecule has 2 N–H and O–H groups in total. The summed E-state index contributed by atoms with van der Waals surface area (Å²) in [5.74, 6) is -1.67. The molecule has 7 nitrogen and oxygen atoms in total. The van der Waals surface area contributed by atoms with Crippen LogP contribution in [-0.4, -0.2) is 46.9 Å². The number of anilines is 1. The van der Waals surface area contributed by atoms with Crippen LogP contribution in [0, 0.1) is 5.92 Å². The van der Waals surface area contributed by atoms with Gasteiger partial charge < -0.3 is 20.1 Å². The number of hydrogen-bond donors (Lipinski definition) is 2. The first-order valence-corrected chi connectivity index (χ1v) is 10.2. The summed E-state index contributed by atoms with van der Waals surface area (Å²) in [4.78, 5) is 43.4. The molecule has 0 spiro atoms. The Morgan fingerprint density at radius 1 is 1.27 bits per heavy atom. The third kappa shape index (κ3) is 3.01. The van der Waals surface area contributed by atoms with Crippen LogP contribution in [-0.2, 0) is 9.59 Å². The van der Waals surface area contributed by atoms with Crippen LogP contribution in [0.1, 0.15) is 47.5 Å². The summed E-state index contributed by atoms with van der Waals surface area (Å²) in [6.45, 7) is 0. The summed E-state index contributed by atoms with van der Waals surface area (Å²) in [7, 11) is 1.59. The molecule has 30 heavy (non-hydrogen) atoms. The van der Waals surface area contributed by atoms with Crippen LogP contribution < -0.4 is 10.2 Å². The van der Waals surface area contributed by atoms with Crippen LogP contribution in [0.3, 0.4) is 0 Å². The van der Waals surface area contributed by atoms with E-state index in [0.29, 0.717) is 17.5 Å². The summed E-state index contributed by atoms with van der Waals surface area (Å²) >= 11 is 0. The highest BCUT2D eigenvalue weighted by atomic mass is 16.4. The summed E-state index contributed by atoms with van der Waals surface area (Å²) < 4.78 is 0. The molecular weight excluding hydrogens is 382 g/mol. The van der Waals surface area contributed by atoms with Gasteiger partial charge in [0.05, 0.1) is 5.56 Å². The molecule has 1 saturated carbocycles. The largest absolute Gasteiger partial charge is 0.480 e. The topological polar surface area (TPSA) is 99.6 Å². The Morgan fingerprint density at radius 2 is 2.07 bits per heavy atom. The number of likely N-dealkylation sites (N-methyl/N-ethyl adjacent to an activating group) is 1. The van der Waals surface area contributed by atoms with Gasteiger partial charge in [-0.3, -0.25) is 14.6 Å². The van der Waals surface area contributed by atoms with Crippen LogP contribution in [0.5, 0.6) is 0 Å². The first-order valence-electron chi connectivity index (χ1n) is 10.2. The average Bonchev–Trinajstić information content (AvgIpc) is 3.25. The predicted molar refractivity (Wildman–Crippen MR) is 111 cm³/mol. The molecule has 156 valence electrons. The van der Waals surface area contributed by atoms with Crippen LogP contribution in [0.15, 0.2) is 48.8 Å². The Balaban J connectivity index is 1.90. The van der Waals surface area contributed by atoms with Gasteiger partial charge in [-0.25, -0.2) is 0 Å². The molecule has 1 amide bonds. The van der Waals surface area contributed by atoms with Gasteiger partial charge in [0.1, 0.15) is 11.8 Å². The fraction of sp³-hybridized carbons (Fsp3) is 0.391. The first kappa shape index (κ1) is 20.2. The molecule has 1 fully saturated rings. The van der Waals surface area contributed by atoms with Crippen LogP contribution in [0.4, 0.5) is 5.69 Å². The second-order valence-electron chi connectivity index (χ2n) is 8.01. The van der Waals surface area contributed by atoms with Crippen molar-refractivity contribution in [2.24, 2.45) is 5.92 Å². The molecule has 4 rings (SSSR count). The number of carboxylic acids is 1. The number of para-hydroxylation sites is 1. The lowest BCUT2D eigenvalue weighted by Crippen LogP contribution is -2.61. The fourth-order valence-electron chi connectivity index (χ4n) is 5.42. The van der Waals surface area contributed by atoms with Crippen LogP contribution in [0.2, 0.25) is 0 Å². The molecular formula is C23H25N3O4. The zero-order chi connectivity index (χ0) is 21.3. The van der Waals surface area contributed by atoms with Crippen molar-refractivity contribution in [2.45, 2.75) is 43.2 Å². The lowest BCUT2D eigenvalue weighted by molar-refractivity contribution is -0.148. The van der Waals surface area contributed by atoms with Crippen molar-refractivity contribution < 1.29 is 19.5 Å². The zero-order valence-corrected chi connectivity index (χ0v) is 16.8. The van der Waals surface area contributed by atoms with E-state index in [9.17, 15) is 19.5 Å². The number of carboxylic acid groups (broad SMARTS) is 1. The van der Waals surface area contributed by atoms with E-state index in [-0.39, 0.29) is 24.3 Å². The van der Waals surface area contributed by atoms with E-state index in [1.54, 1.807) is 31.6 Å². The van der Waals surface area contributed by atoms with Gasteiger partial charge in [-0.15, -0.1) is 0 Å². The van der Waals surface area contributed by atoms with E-state index >= 15 is 0 Å². The van der Waals surface area contributed by atoms with E-state index < -0.39 is 17.4 Å². The Bertz CT molecular complexity index is 964. The fourth-order valence-corrected chi connectivity index (χ4v) is 5.42. The summed E-state index contributed by atoms with van der Waals surface area (Å²) in [5, 5.41) is 13.2. The van der Waals surface area contributed by atoms with Crippen molar-refractivity contribution in [3.8, 4) is 0 Å². The molecule has 4 unspecified atom stereocenters. The highest BCUT2D eigenvalue weighted by molar-refractivity contribution is 6.07. The Kier molecular flexibility index (Phi) is 5.39. The number of nitrogens with one attached hydrogen (secondary N) is 1. The number of aromatic nitrogens is 1. The summed E-state index contributed by atoms with van der Waals surface area (Å²) in [6.07, 6.45) is 6.21. The van der Waals surface area contributed by atoms with Crippen LogP contribution >= 0.6 is 0 Å². The molecule has 2 aliphatic rings. The number of aliphatic carboxylic acids is 1. The molecule has 1 aromatic heterocycles. The van der Waals surface area contributed by atoms with Crippen LogP contribution in [0.25, 0.3) is 0 Å². The van der Waals surface area contributed by atoms with E-state index in [2.05, 4.69) is 10.3 Å². The third-order valence-electron chi connectivity index (χ3n) is 6.71. The maximum Gasteiger partial charge on any atom is 0.324 e. The Hall–Kier alpha value is -3.06. The minimum absolute atomic E-state index is 0.0657. The summed E-state index contributed by atoms with van der Waals surface area (Å²) in [6, 6.07) is 10.8. The number of amides is 1. The molecule has 7 heteroatoms. The van der Waals surface area contributed by atoms with E-state index in [4.69, 9.17) is 0 Å². The number of carbonyl (C=O) groups is 3. The minimum atomic E-state index is -1.42. The quantitative estimate of drug-likeness (QED) is 0.714. The van der Waals surface area contributed by atoms with Gasteiger partial charge >= 0.3 is 5.97 Å². The Morgan fingerprint density at radius 3 is 2.73 bits per heavy atom. The molecule has 0 bridgehead atoms. The molecule has 4 atom stereocenters. The lowest BCUT2D eigenvalue weighted by Gasteiger charge is -2.49. The molecule has 0 saturated heterocycles. The second kappa shape index (κ2) is 7.99. The molecule has 1 aliphatic heterocycles. The third-order valence-corrected chi connectivity index (χ3v) is 6.71. The highest BCUT2D eigenvalue weighted by Crippen LogP contribution is 2.53. The SMILES string of the molecule is CNC(CC=O)(C(=O)O)C1c2ccccc2N(C(=O)c2cccnc2)C2CCCC21. The van der Waals surface area contributed by atoms with Crippen molar-refractivity contribution in [1.29, 1.82) is 0 Å². The van der Waals surface area contributed by atoms with Gasteiger partial charge in [-0.1, -0.05) is 24.6 Å². The molecule has 2 aromatic rings. The van der Waals surface area contributed by atoms with E-state index in [0.717, 1.165) is 24.8 Å².